The Bertz CT molecular complexity index is 343. The van der Waals surface area contributed by atoms with Crippen LogP contribution in [0.25, 0.3) is 0 Å². The van der Waals surface area contributed by atoms with Gasteiger partial charge in [0.2, 0.25) is 15.9 Å². The van der Waals surface area contributed by atoms with Crippen molar-refractivity contribution in [2.45, 2.75) is 18.9 Å². The quantitative estimate of drug-likeness (QED) is 0.771. The molecule has 0 saturated carbocycles. The Morgan fingerprint density at radius 3 is 2.81 bits per heavy atom. The molecular formula is C9H18N2O3S2. The zero-order valence-electron chi connectivity index (χ0n) is 9.60. The number of carbonyl (C=O) groups excluding carboxylic acids is 1. The van der Waals surface area contributed by atoms with Crippen molar-refractivity contribution in [1.82, 2.24) is 9.62 Å². The maximum absolute atomic E-state index is 11.6. The van der Waals surface area contributed by atoms with E-state index in [0.29, 0.717) is 12.3 Å². The molecule has 0 radical (unpaired) electrons. The first kappa shape index (κ1) is 13.8. The first-order chi connectivity index (χ1) is 7.42. The number of piperidine rings is 1. The summed E-state index contributed by atoms with van der Waals surface area (Å²) in [5, 5.41) is 0. The number of carbonyl (C=O) groups is 1. The number of rotatable bonds is 4. The SMILES string of the molecule is CSCC(=O)N1CCC[C@H](NS(C)(=O)=O)C1. The number of sulfonamides is 1. The molecule has 1 saturated heterocycles. The molecule has 1 N–H and O–H groups in total. The minimum Gasteiger partial charge on any atom is -0.340 e. The summed E-state index contributed by atoms with van der Waals surface area (Å²) in [6, 6.07) is -0.130. The van der Waals surface area contributed by atoms with Gasteiger partial charge < -0.3 is 4.90 Å². The van der Waals surface area contributed by atoms with Gasteiger partial charge in [0, 0.05) is 19.1 Å². The van der Waals surface area contributed by atoms with Gasteiger partial charge in [0.15, 0.2) is 0 Å². The number of nitrogens with one attached hydrogen (secondary N) is 1. The normalized spacial score (nSPS) is 22.1. The van der Waals surface area contributed by atoms with E-state index in [9.17, 15) is 13.2 Å². The minimum absolute atomic E-state index is 0.0903. The Hall–Kier alpha value is -0.270. The highest BCUT2D eigenvalue weighted by Crippen LogP contribution is 2.12. The van der Waals surface area contributed by atoms with Crippen LogP contribution in [0, 0.1) is 0 Å². The highest BCUT2D eigenvalue weighted by atomic mass is 32.2. The molecule has 0 aliphatic carbocycles. The first-order valence-corrected chi connectivity index (χ1v) is 8.45. The number of amides is 1. The molecule has 16 heavy (non-hydrogen) atoms. The number of likely N-dealkylation sites (tertiary alicyclic amines) is 1. The summed E-state index contributed by atoms with van der Waals surface area (Å²) in [6.45, 7) is 1.23. The van der Waals surface area contributed by atoms with Crippen LogP contribution in [-0.2, 0) is 14.8 Å². The van der Waals surface area contributed by atoms with Gasteiger partial charge in [-0.3, -0.25) is 4.79 Å². The van der Waals surface area contributed by atoms with Gasteiger partial charge in [-0.25, -0.2) is 13.1 Å². The Kier molecular flexibility index (Phi) is 5.07. The van der Waals surface area contributed by atoms with Crippen molar-refractivity contribution in [1.29, 1.82) is 0 Å². The van der Waals surface area contributed by atoms with E-state index in [1.807, 2.05) is 6.26 Å². The zero-order chi connectivity index (χ0) is 12.2. The van der Waals surface area contributed by atoms with E-state index in [1.54, 1.807) is 4.90 Å². The first-order valence-electron chi connectivity index (χ1n) is 5.16. The molecule has 1 atom stereocenters. The molecule has 0 unspecified atom stereocenters. The summed E-state index contributed by atoms with van der Waals surface area (Å²) in [5.74, 6) is 0.554. The minimum atomic E-state index is -3.18. The summed E-state index contributed by atoms with van der Waals surface area (Å²) in [4.78, 5) is 13.4. The molecule has 7 heteroatoms. The average Bonchev–Trinajstić information content (AvgIpc) is 2.16. The molecule has 94 valence electrons. The van der Waals surface area contributed by atoms with Gasteiger partial charge in [0.05, 0.1) is 12.0 Å². The summed E-state index contributed by atoms with van der Waals surface area (Å²) in [7, 11) is -3.18. The van der Waals surface area contributed by atoms with Gasteiger partial charge in [-0.05, 0) is 19.1 Å². The van der Waals surface area contributed by atoms with Gasteiger partial charge in [-0.15, -0.1) is 0 Å². The Morgan fingerprint density at radius 2 is 2.25 bits per heavy atom. The predicted octanol–water partition coefficient (Wildman–Crippen LogP) is -0.110. The van der Waals surface area contributed by atoms with Crippen LogP contribution in [0.15, 0.2) is 0 Å². The summed E-state index contributed by atoms with van der Waals surface area (Å²) in [6.07, 6.45) is 4.69. The second-order valence-electron chi connectivity index (χ2n) is 4.00. The third kappa shape index (κ3) is 4.71. The van der Waals surface area contributed by atoms with Crippen LogP contribution >= 0.6 is 11.8 Å². The van der Waals surface area contributed by atoms with E-state index in [0.717, 1.165) is 25.6 Å². The van der Waals surface area contributed by atoms with Crippen molar-refractivity contribution >= 4 is 27.7 Å². The third-order valence-corrected chi connectivity index (χ3v) is 3.72. The molecule has 5 nitrogen and oxygen atoms in total. The van der Waals surface area contributed by atoms with Gasteiger partial charge in [0.25, 0.3) is 0 Å². The van der Waals surface area contributed by atoms with Crippen LogP contribution in [0.2, 0.25) is 0 Å². The lowest BCUT2D eigenvalue weighted by atomic mass is 10.1. The van der Waals surface area contributed by atoms with E-state index in [-0.39, 0.29) is 11.9 Å². The predicted molar refractivity (Wildman–Crippen MR) is 66.0 cm³/mol. The van der Waals surface area contributed by atoms with Crippen molar-refractivity contribution in [2.75, 3.05) is 31.4 Å². The van der Waals surface area contributed by atoms with E-state index in [1.165, 1.54) is 11.8 Å². The standard InChI is InChI=1S/C9H18N2O3S2/c1-15-7-9(12)11-5-3-4-8(6-11)10-16(2,13)14/h8,10H,3-7H2,1-2H3/t8-/m0/s1. The van der Waals surface area contributed by atoms with Crippen LogP contribution in [-0.4, -0.2) is 56.6 Å². The Morgan fingerprint density at radius 1 is 1.56 bits per heavy atom. The lowest BCUT2D eigenvalue weighted by molar-refractivity contribution is -0.129. The third-order valence-electron chi connectivity index (χ3n) is 2.42. The molecule has 0 aromatic carbocycles. The molecule has 1 rings (SSSR count). The molecule has 0 aromatic heterocycles. The average molecular weight is 266 g/mol. The molecule has 0 spiro atoms. The van der Waals surface area contributed by atoms with Crippen molar-refractivity contribution < 1.29 is 13.2 Å². The fourth-order valence-electron chi connectivity index (χ4n) is 1.82. The Balaban J connectivity index is 2.50. The number of thioether (sulfide) groups is 1. The number of hydrogen-bond donors (Lipinski definition) is 1. The molecule has 0 bridgehead atoms. The maximum Gasteiger partial charge on any atom is 0.232 e. The summed E-state index contributed by atoms with van der Waals surface area (Å²) in [5.41, 5.74) is 0. The fraction of sp³-hybridized carbons (Fsp3) is 0.889. The molecule has 1 heterocycles. The Labute approximate surface area is 101 Å². The highest BCUT2D eigenvalue weighted by Gasteiger charge is 2.24. The van der Waals surface area contributed by atoms with Gasteiger partial charge in [0.1, 0.15) is 0 Å². The molecule has 0 aromatic rings. The number of nitrogens with zero attached hydrogens (tertiary/aromatic N) is 1. The van der Waals surface area contributed by atoms with Crippen LogP contribution in [0.4, 0.5) is 0 Å². The topological polar surface area (TPSA) is 66.5 Å². The van der Waals surface area contributed by atoms with Crippen molar-refractivity contribution in [2.24, 2.45) is 0 Å². The molecular weight excluding hydrogens is 248 g/mol. The van der Waals surface area contributed by atoms with Crippen LogP contribution in [0.5, 0.6) is 0 Å². The van der Waals surface area contributed by atoms with Crippen LogP contribution in [0.1, 0.15) is 12.8 Å². The van der Waals surface area contributed by atoms with E-state index < -0.39 is 10.0 Å². The van der Waals surface area contributed by atoms with Gasteiger partial charge in [-0.1, -0.05) is 0 Å². The molecule has 1 fully saturated rings. The van der Waals surface area contributed by atoms with Crippen molar-refractivity contribution in [3.8, 4) is 0 Å². The van der Waals surface area contributed by atoms with E-state index in [2.05, 4.69) is 4.72 Å². The van der Waals surface area contributed by atoms with Gasteiger partial charge >= 0.3 is 0 Å². The van der Waals surface area contributed by atoms with Crippen molar-refractivity contribution in [3.63, 3.8) is 0 Å². The van der Waals surface area contributed by atoms with Crippen molar-refractivity contribution in [3.05, 3.63) is 0 Å². The van der Waals surface area contributed by atoms with Crippen LogP contribution < -0.4 is 4.72 Å². The summed E-state index contributed by atoms with van der Waals surface area (Å²) < 4.78 is 24.7. The second kappa shape index (κ2) is 5.88. The zero-order valence-corrected chi connectivity index (χ0v) is 11.2. The second-order valence-corrected chi connectivity index (χ2v) is 6.65. The molecule has 1 amide bonds. The van der Waals surface area contributed by atoms with Gasteiger partial charge in [-0.2, -0.15) is 11.8 Å². The van der Waals surface area contributed by atoms with Crippen LogP contribution in [0.3, 0.4) is 0 Å². The fourth-order valence-corrected chi connectivity index (χ4v) is 3.04. The lowest BCUT2D eigenvalue weighted by Crippen LogP contribution is -2.49. The number of hydrogen-bond acceptors (Lipinski definition) is 4. The summed E-state index contributed by atoms with van der Waals surface area (Å²) >= 11 is 1.49. The largest absolute Gasteiger partial charge is 0.340 e. The monoisotopic (exact) mass is 266 g/mol. The van der Waals surface area contributed by atoms with E-state index in [4.69, 9.17) is 0 Å². The molecule has 1 aliphatic heterocycles. The maximum atomic E-state index is 11.6. The smallest absolute Gasteiger partial charge is 0.232 e. The lowest BCUT2D eigenvalue weighted by Gasteiger charge is -2.32. The highest BCUT2D eigenvalue weighted by molar-refractivity contribution is 7.99. The molecule has 1 aliphatic rings. The van der Waals surface area contributed by atoms with E-state index >= 15 is 0 Å².